The van der Waals surface area contributed by atoms with E-state index in [1.807, 2.05) is 6.07 Å². The van der Waals surface area contributed by atoms with E-state index in [1.165, 1.54) is 11.1 Å². The Morgan fingerprint density at radius 3 is 3.06 bits per heavy atom. The summed E-state index contributed by atoms with van der Waals surface area (Å²) in [6.07, 6.45) is 0. The second-order valence-electron chi connectivity index (χ2n) is 4.16. The number of aryl methyl sites for hydroxylation is 1. The summed E-state index contributed by atoms with van der Waals surface area (Å²) in [5.74, 6) is 0. The van der Waals surface area contributed by atoms with E-state index >= 15 is 0 Å². The van der Waals surface area contributed by atoms with Gasteiger partial charge in [-0.25, -0.2) is 0 Å². The van der Waals surface area contributed by atoms with Gasteiger partial charge in [0.2, 0.25) is 0 Å². The fourth-order valence-corrected chi connectivity index (χ4v) is 2.38. The molecular formula is C12H17BrN2O. The standard InChI is InChI=1S/C12H17BrN2O/c1-8-2-3-9(13)6-10(8)12(14)11-7-16-5-4-15-11/h2-3,6,11-12,15H,4-5,7,14H2,1H3. The van der Waals surface area contributed by atoms with Crippen molar-refractivity contribution in [2.75, 3.05) is 19.8 Å². The molecule has 0 bridgehead atoms. The summed E-state index contributed by atoms with van der Waals surface area (Å²) in [6.45, 7) is 4.44. The molecule has 0 saturated carbocycles. The van der Waals surface area contributed by atoms with E-state index in [1.54, 1.807) is 0 Å². The molecule has 1 aliphatic heterocycles. The van der Waals surface area contributed by atoms with E-state index in [2.05, 4.69) is 40.3 Å². The summed E-state index contributed by atoms with van der Waals surface area (Å²) in [5, 5.41) is 3.40. The number of ether oxygens (including phenoxy) is 1. The van der Waals surface area contributed by atoms with Crippen LogP contribution in [-0.4, -0.2) is 25.8 Å². The van der Waals surface area contributed by atoms with Crippen LogP contribution in [0.25, 0.3) is 0 Å². The maximum atomic E-state index is 6.28. The van der Waals surface area contributed by atoms with Crippen molar-refractivity contribution >= 4 is 15.9 Å². The molecule has 1 saturated heterocycles. The van der Waals surface area contributed by atoms with Gasteiger partial charge in [0.25, 0.3) is 0 Å². The van der Waals surface area contributed by atoms with Crippen molar-refractivity contribution in [2.24, 2.45) is 5.73 Å². The Hall–Kier alpha value is -0.420. The number of hydrogen-bond donors (Lipinski definition) is 2. The minimum absolute atomic E-state index is 0.0159. The lowest BCUT2D eigenvalue weighted by Gasteiger charge is -2.30. The maximum absolute atomic E-state index is 6.28. The molecule has 88 valence electrons. The number of hydrogen-bond acceptors (Lipinski definition) is 3. The first kappa shape index (κ1) is 12.0. The van der Waals surface area contributed by atoms with Gasteiger partial charge in [0.05, 0.1) is 13.2 Å². The largest absolute Gasteiger partial charge is 0.378 e. The molecule has 3 nitrogen and oxygen atoms in total. The third-order valence-electron chi connectivity index (χ3n) is 2.98. The van der Waals surface area contributed by atoms with E-state index in [0.717, 1.165) is 17.6 Å². The van der Waals surface area contributed by atoms with Crippen LogP contribution in [0, 0.1) is 6.92 Å². The minimum Gasteiger partial charge on any atom is -0.378 e. The highest BCUT2D eigenvalue weighted by Crippen LogP contribution is 2.23. The molecule has 1 aromatic rings. The van der Waals surface area contributed by atoms with Gasteiger partial charge >= 0.3 is 0 Å². The van der Waals surface area contributed by atoms with Gasteiger partial charge in [-0.2, -0.15) is 0 Å². The third kappa shape index (κ3) is 2.63. The van der Waals surface area contributed by atoms with Crippen LogP contribution in [0.4, 0.5) is 0 Å². The summed E-state index contributed by atoms with van der Waals surface area (Å²) in [7, 11) is 0. The minimum atomic E-state index is -0.0159. The van der Waals surface area contributed by atoms with Crippen molar-refractivity contribution in [2.45, 2.75) is 19.0 Å². The number of rotatable bonds is 2. The lowest BCUT2D eigenvalue weighted by Crippen LogP contribution is -2.47. The first-order chi connectivity index (χ1) is 7.68. The van der Waals surface area contributed by atoms with E-state index in [-0.39, 0.29) is 12.1 Å². The van der Waals surface area contributed by atoms with Crippen LogP contribution in [0.5, 0.6) is 0 Å². The fourth-order valence-electron chi connectivity index (χ4n) is 2.00. The van der Waals surface area contributed by atoms with Crippen LogP contribution >= 0.6 is 15.9 Å². The van der Waals surface area contributed by atoms with Crippen LogP contribution in [0.1, 0.15) is 17.2 Å². The van der Waals surface area contributed by atoms with E-state index in [4.69, 9.17) is 10.5 Å². The average Bonchev–Trinajstić information content (AvgIpc) is 2.32. The fraction of sp³-hybridized carbons (Fsp3) is 0.500. The molecule has 2 unspecified atom stereocenters. The maximum Gasteiger partial charge on any atom is 0.0638 e. The van der Waals surface area contributed by atoms with Gasteiger partial charge in [-0.3, -0.25) is 0 Å². The molecular weight excluding hydrogens is 268 g/mol. The lowest BCUT2D eigenvalue weighted by molar-refractivity contribution is 0.0684. The van der Waals surface area contributed by atoms with Crippen molar-refractivity contribution in [3.8, 4) is 0 Å². The molecule has 16 heavy (non-hydrogen) atoms. The highest BCUT2D eigenvalue weighted by molar-refractivity contribution is 9.10. The molecule has 1 fully saturated rings. The SMILES string of the molecule is Cc1ccc(Br)cc1C(N)C1COCCN1. The normalized spacial score (nSPS) is 23.1. The number of nitrogens with one attached hydrogen (secondary N) is 1. The summed E-state index contributed by atoms with van der Waals surface area (Å²) < 4.78 is 6.51. The zero-order chi connectivity index (χ0) is 11.5. The second-order valence-corrected chi connectivity index (χ2v) is 5.08. The lowest BCUT2D eigenvalue weighted by atomic mass is 9.96. The molecule has 0 aromatic heterocycles. The summed E-state index contributed by atoms with van der Waals surface area (Å²) in [6, 6.07) is 6.41. The Morgan fingerprint density at radius 2 is 2.38 bits per heavy atom. The van der Waals surface area contributed by atoms with Gasteiger partial charge in [-0.05, 0) is 30.2 Å². The van der Waals surface area contributed by atoms with E-state index in [0.29, 0.717) is 6.61 Å². The number of halogens is 1. The molecule has 2 atom stereocenters. The summed E-state index contributed by atoms with van der Waals surface area (Å²) in [5.41, 5.74) is 8.68. The first-order valence-electron chi connectivity index (χ1n) is 5.51. The summed E-state index contributed by atoms with van der Waals surface area (Å²) in [4.78, 5) is 0. The molecule has 1 heterocycles. The average molecular weight is 285 g/mol. The van der Waals surface area contributed by atoms with Crippen LogP contribution in [0.2, 0.25) is 0 Å². The molecule has 0 spiro atoms. The first-order valence-corrected chi connectivity index (χ1v) is 6.30. The summed E-state index contributed by atoms with van der Waals surface area (Å²) >= 11 is 3.48. The number of morpholine rings is 1. The Balaban J connectivity index is 2.18. The molecule has 2 rings (SSSR count). The van der Waals surface area contributed by atoms with Crippen LogP contribution in [0.3, 0.4) is 0 Å². The van der Waals surface area contributed by atoms with E-state index in [9.17, 15) is 0 Å². The van der Waals surface area contributed by atoms with Crippen molar-refractivity contribution in [1.82, 2.24) is 5.32 Å². The highest BCUT2D eigenvalue weighted by Gasteiger charge is 2.23. The molecule has 1 aromatic carbocycles. The van der Waals surface area contributed by atoms with Crippen molar-refractivity contribution in [3.63, 3.8) is 0 Å². The molecule has 0 amide bonds. The van der Waals surface area contributed by atoms with Crippen LogP contribution in [0.15, 0.2) is 22.7 Å². The monoisotopic (exact) mass is 284 g/mol. The predicted octanol–water partition coefficient (Wildman–Crippen LogP) is 1.75. The Morgan fingerprint density at radius 1 is 1.56 bits per heavy atom. The quantitative estimate of drug-likeness (QED) is 0.870. The topological polar surface area (TPSA) is 47.3 Å². The Labute approximate surface area is 104 Å². The van der Waals surface area contributed by atoms with Gasteiger partial charge in [0, 0.05) is 23.1 Å². The van der Waals surface area contributed by atoms with Crippen LogP contribution < -0.4 is 11.1 Å². The molecule has 1 aliphatic rings. The van der Waals surface area contributed by atoms with Crippen molar-refractivity contribution in [3.05, 3.63) is 33.8 Å². The Kier molecular flexibility index (Phi) is 3.97. The zero-order valence-corrected chi connectivity index (χ0v) is 11.0. The smallest absolute Gasteiger partial charge is 0.0638 e. The Bertz CT molecular complexity index is 364. The third-order valence-corrected chi connectivity index (χ3v) is 3.48. The van der Waals surface area contributed by atoms with Gasteiger partial charge in [0.1, 0.15) is 0 Å². The van der Waals surface area contributed by atoms with Gasteiger partial charge in [-0.1, -0.05) is 22.0 Å². The van der Waals surface area contributed by atoms with Gasteiger partial charge in [-0.15, -0.1) is 0 Å². The van der Waals surface area contributed by atoms with Crippen molar-refractivity contribution < 1.29 is 4.74 Å². The van der Waals surface area contributed by atoms with E-state index < -0.39 is 0 Å². The van der Waals surface area contributed by atoms with Crippen molar-refractivity contribution in [1.29, 1.82) is 0 Å². The van der Waals surface area contributed by atoms with Gasteiger partial charge < -0.3 is 15.8 Å². The molecule has 4 heteroatoms. The van der Waals surface area contributed by atoms with Crippen LogP contribution in [-0.2, 0) is 4.74 Å². The molecule has 3 N–H and O–H groups in total. The predicted molar refractivity (Wildman–Crippen MR) is 68.4 cm³/mol. The zero-order valence-electron chi connectivity index (χ0n) is 9.37. The highest BCUT2D eigenvalue weighted by atomic mass is 79.9. The molecule has 0 radical (unpaired) electrons. The second kappa shape index (κ2) is 5.27. The van der Waals surface area contributed by atoms with Gasteiger partial charge in [0.15, 0.2) is 0 Å². The number of nitrogens with two attached hydrogens (primary N) is 1. The number of benzene rings is 1. The molecule has 0 aliphatic carbocycles.